The van der Waals surface area contributed by atoms with E-state index in [0.717, 1.165) is 26.1 Å². The Kier molecular flexibility index (Phi) is 31.5. The SMILES string of the molecule is CCCCCCCCOCCOCCOCCOCCOCCOCCOCCCCCC. The molecule has 0 rings (SSSR count). The Hall–Kier alpha value is -0.280. The first-order chi connectivity index (χ1) is 16.4. The first-order valence-electron chi connectivity index (χ1n) is 13.5. The second kappa shape index (κ2) is 31.7. The zero-order chi connectivity index (χ0) is 23.9. The number of rotatable bonds is 30. The summed E-state index contributed by atoms with van der Waals surface area (Å²) in [5.41, 5.74) is 0. The van der Waals surface area contributed by atoms with Gasteiger partial charge in [0.05, 0.1) is 79.3 Å². The van der Waals surface area contributed by atoms with Gasteiger partial charge in [-0.25, -0.2) is 0 Å². The van der Waals surface area contributed by atoms with Gasteiger partial charge in [-0.2, -0.15) is 0 Å². The van der Waals surface area contributed by atoms with Gasteiger partial charge in [0.15, 0.2) is 0 Å². The van der Waals surface area contributed by atoms with Crippen molar-refractivity contribution in [2.45, 2.75) is 78.1 Å². The van der Waals surface area contributed by atoms with Crippen LogP contribution in [0.5, 0.6) is 0 Å². The van der Waals surface area contributed by atoms with Gasteiger partial charge >= 0.3 is 0 Å². The van der Waals surface area contributed by atoms with Crippen molar-refractivity contribution >= 4 is 0 Å². The molecule has 0 aliphatic heterocycles. The van der Waals surface area contributed by atoms with E-state index in [1.54, 1.807) is 0 Å². The topological polar surface area (TPSA) is 64.6 Å². The predicted octanol–water partition coefficient (Wildman–Crippen LogP) is 5.04. The second-order valence-corrected chi connectivity index (χ2v) is 8.12. The van der Waals surface area contributed by atoms with E-state index >= 15 is 0 Å². The Bertz CT molecular complexity index is 302. The van der Waals surface area contributed by atoms with Crippen LogP contribution in [-0.4, -0.2) is 92.5 Å². The number of unbranched alkanes of at least 4 members (excludes halogenated alkanes) is 8. The Morgan fingerprint density at radius 2 is 0.455 bits per heavy atom. The second-order valence-electron chi connectivity index (χ2n) is 8.12. The quantitative estimate of drug-likeness (QED) is 0.134. The molecule has 0 heterocycles. The van der Waals surface area contributed by atoms with E-state index in [1.165, 1.54) is 51.4 Å². The van der Waals surface area contributed by atoms with Crippen molar-refractivity contribution in [1.82, 2.24) is 0 Å². The molecule has 0 amide bonds. The van der Waals surface area contributed by atoms with Gasteiger partial charge in [-0.3, -0.25) is 0 Å². The highest BCUT2D eigenvalue weighted by Gasteiger charge is 1.95. The number of hydrogen-bond acceptors (Lipinski definition) is 7. The lowest BCUT2D eigenvalue weighted by Crippen LogP contribution is -2.14. The third kappa shape index (κ3) is 31.7. The third-order valence-electron chi connectivity index (χ3n) is 5.02. The van der Waals surface area contributed by atoms with Crippen molar-refractivity contribution in [2.24, 2.45) is 0 Å². The summed E-state index contributed by atoms with van der Waals surface area (Å²) in [7, 11) is 0. The molecule has 33 heavy (non-hydrogen) atoms. The Balaban J connectivity index is 2.99. The van der Waals surface area contributed by atoms with Crippen LogP contribution in [0.2, 0.25) is 0 Å². The van der Waals surface area contributed by atoms with Crippen LogP contribution in [0.25, 0.3) is 0 Å². The third-order valence-corrected chi connectivity index (χ3v) is 5.02. The first kappa shape index (κ1) is 32.7. The van der Waals surface area contributed by atoms with Gasteiger partial charge in [0.2, 0.25) is 0 Å². The van der Waals surface area contributed by atoms with Gasteiger partial charge < -0.3 is 33.2 Å². The smallest absolute Gasteiger partial charge is 0.0701 e. The summed E-state index contributed by atoms with van der Waals surface area (Å²) in [6, 6.07) is 0. The van der Waals surface area contributed by atoms with Gasteiger partial charge in [-0.05, 0) is 12.8 Å². The maximum atomic E-state index is 5.57. The van der Waals surface area contributed by atoms with Crippen LogP contribution >= 0.6 is 0 Å². The van der Waals surface area contributed by atoms with Crippen molar-refractivity contribution in [1.29, 1.82) is 0 Å². The van der Waals surface area contributed by atoms with Crippen molar-refractivity contribution in [2.75, 3.05) is 92.5 Å². The van der Waals surface area contributed by atoms with Crippen LogP contribution in [0, 0.1) is 0 Å². The summed E-state index contributed by atoms with van der Waals surface area (Å²) in [5, 5.41) is 0. The molecule has 0 aromatic heterocycles. The van der Waals surface area contributed by atoms with E-state index in [2.05, 4.69) is 13.8 Å². The highest BCUT2D eigenvalue weighted by Crippen LogP contribution is 2.04. The Morgan fingerprint density at radius 1 is 0.242 bits per heavy atom. The average Bonchev–Trinajstić information content (AvgIpc) is 2.83. The fourth-order valence-corrected chi connectivity index (χ4v) is 3.04. The van der Waals surface area contributed by atoms with E-state index in [-0.39, 0.29) is 0 Å². The largest absolute Gasteiger partial charge is 0.379 e. The Morgan fingerprint density at radius 3 is 0.758 bits per heavy atom. The minimum Gasteiger partial charge on any atom is -0.379 e. The van der Waals surface area contributed by atoms with Crippen LogP contribution in [-0.2, 0) is 33.2 Å². The van der Waals surface area contributed by atoms with Crippen LogP contribution in [0.4, 0.5) is 0 Å². The highest BCUT2D eigenvalue weighted by atomic mass is 16.6. The van der Waals surface area contributed by atoms with Gasteiger partial charge in [0, 0.05) is 13.2 Å². The summed E-state index contributed by atoms with van der Waals surface area (Å²) in [6.45, 7) is 13.3. The maximum Gasteiger partial charge on any atom is 0.0701 e. The molecule has 0 radical (unpaired) electrons. The minimum absolute atomic E-state index is 0.566. The molecule has 0 saturated heterocycles. The average molecular weight is 479 g/mol. The predicted molar refractivity (Wildman–Crippen MR) is 133 cm³/mol. The monoisotopic (exact) mass is 478 g/mol. The lowest BCUT2D eigenvalue weighted by Gasteiger charge is -2.08. The molecule has 0 atom stereocenters. The van der Waals surface area contributed by atoms with Gasteiger partial charge in [-0.1, -0.05) is 65.2 Å². The van der Waals surface area contributed by atoms with Gasteiger partial charge in [-0.15, -0.1) is 0 Å². The summed E-state index contributed by atoms with van der Waals surface area (Å²) in [6.07, 6.45) is 12.7. The molecule has 0 unspecified atom stereocenters. The first-order valence-corrected chi connectivity index (χ1v) is 13.5. The van der Waals surface area contributed by atoms with Gasteiger partial charge in [0.1, 0.15) is 0 Å². The van der Waals surface area contributed by atoms with E-state index < -0.39 is 0 Å². The highest BCUT2D eigenvalue weighted by molar-refractivity contribution is 4.44. The van der Waals surface area contributed by atoms with E-state index in [4.69, 9.17) is 33.2 Å². The molecule has 0 N–H and O–H groups in total. The molecule has 0 spiro atoms. The van der Waals surface area contributed by atoms with Crippen LogP contribution in [0.15, 0.2) is 0 Å². The van der Waals surface area contributed by atoms with Crippen LogP contribution in [0.1, 0.15) is 78.1 Å². The zero-order valence-electron chi connectivity index (χ0n) is 21.8. The number of hydrogen-bond donors (Lipinski definition) is 0. The summed E-state index contributed by atoms with van der Waals surface area (Å²) >= 11 is 0. The molecule has 0 aliphatic carbocycles. The lowest BCUT2D eigenvalue weighted by atomic mass is 10.1. The molecule has 0 aromatic carbocycles. The fraction of sp³-hybridized carbons (Fsp3) is 1.00. The minimum atomic E-state index is 0.566. The summed E-state index contributed by atoms with van der Waals surface area (Å²) < 4.78 is 38.5. The Labute approximate surface area is 204 Å². The molecule has 0 bridgehead atoms. The number of ether oxygens (including phenoxy) is 7. The molecule has 0 fully saturated rings. The maximum absolute atomic E-state index is 5.57. The summed E-state index contributed by atoms with van der Waals surface area (Å²) in [5.74, 6) is 0. The summed E-state index contributed by atoms with van der Waals surface area (Å²) in [4.78, 5) is 0. The molecule has 0 aromatic rings. The molecule has 7 heteroatoms. The molecule has 0 saturated carbocycles. The molecular weight excluding hydrogens is 424 g/mol. The fourth-order valence-electron chi connectivity index (χ4n) is 3.04. The molecular formula is C26H54O7. The van der Waals surface area contributed by atoms with Crippen molar-refractivity contribution < 1.29 is 33.2 Å². The zero-order valence-corrected chi connectivity index (χ0v) is 21.8. The van der Waals surface area contributed by atoms with Crippen molar-refractivity contribution in [3.8, 4) is 0 Å². The van der Waals surface area contributed by atoms with Crippen LogP contribution < -0.4 is 0 Å². The van der Waals surface area contributed by atoms with E-state index in [0.29, 0.717) is 79.3 Å². The van der Waals surface area contributed by atoms with Gasteiger partial charge in [0.25, 0.3) is 0 Å². The van der Waals surface area contributed by atoms with Crippen LogP contribution in [0.3, 0.4) is 0 Å². The van der Waals surface area contributed by atoms with E-state index in [1.807, 2.05) is 0 Å². The molecule has 200 valence electrons. The molecule has 0 aliphatic rings. The molecule has 7 nitrogen and oxygen atoms in total. The normalized spacial score (nSPS) is 11.5. The van der Waals surface area contributed by atoms with Crippen molar-refractivity contribution in [3.63, 3.8) is 0 Å². The van der Waals surface area contributed by atoms with Crippen molar-refractivity contribution in [3.05, 3.63) is 0 Å². The standard InChI is InChI=1S/C26H54O7/c1-3-5-7-9-10-12-14-28-16-18-30-20-22-32-24-26-33-25-23-31-21-19-29-17-15-27-13-11-8-6-4-2/h3-26H2,1-2H3. The van der Waals surface area contributed by atoms with E-state index in [9.17, 15) is 0 Å². The lowest BCUT2D eigenvalue weighted by molar-refractivity contribution is -0.0206.